The highest BCUT2D eigenvalue weighted by atomic mass is 79.9. The highest BCUT2D eigenvalue weighted by Gasteiger charge is 2.25. The van der Waals surface area contributed by atoms with Crippen molar-refractivity contribution in [3.8, 4) is 0 Å². The number of pyridine rings is 1. The fourth-order valence-electron chi connectivity index (χ4n) is 3.05. The first-order valence-electron chi connectivity index (χ1n) is 7.72. The Morgan fingerprint density at radius 3 is 3.12 bits per heavy atom. The molecule has 2 aromatic rings. The summed E-state index contributed by atoms with van der Waals surface area (Å²) in [5.41, 5.74) is 8.10. The van der Waals surface area contributed by atoms with E-state index in [0.29, 0.717) is 17.9 Å². The second-order valence-corrected chi connectivity index (χ2v) is 6.77. The number of halogens is 2. The van der Waals surface area contributed by atoms with Crippen LogP contribution in [0.25, 0.3) is 11.0 Å². The maximum Gasteiger partial charge on any atom is 0.328 e. The van der Waals surface area contributed by atoms with Crippen molar-refractivity contribution in [1.82, 2.24) is 9.97 Å². The van der Waals surface area contributed by atoms with Crippen molar-refractivity contribution in [2.24, 2.45) is 5.73 Å². The molecule has 0 radical (unpaired) electrons. The third-order valence-electron chi connectivity index (χ3n) is 4.19. The maximum absolute atomic E-state index is 13.0. The van der Waals surface area contributed by atoms with Gasteiger partial charge in [-0.2, -0.15) is 0 Å². The highest BCUT2D eigenvalue weighted by molar-refractivity contribution is 9.10. The second kappa shape index (κ2) is 6.94. The summed E-state index contributed by atoms with van der Waals surface area (Å²) in [5.74, 6) is -1.24. The van der Waals surface area contributed by atoms with Crippen LogP contribution in [-0.2, 0) is 4.79 Å². The van der Waals surface area contributed by atoms with E-state index in [1.165, 1.54) is 0 Å². The van der Waals surface area contributed by atoms with Crippen LogP contribution in [0, 0.1) is 0 Å². The minimum Gasteiger partial charge on any atom is -0.480 e. The first-order chi connectivity index (χ1) is 11.5. The van der Waals surface area contributed by atoms with Crippen LogP contribution in [-0.4, -0.2) is 52.9 Å². The van der Waals surface area contributed by atoms with Gasteiger partial charge in [0.2, 0.25) is 0 Å². The van der Waals surface area contributed by atoms with Gasteiger partial charge in [0.15, 0.2) is 6.04 Å². The van der Waals surface area contributed by atoms with Crippen LogP contribution in [0.2, 0.25) is 0 Å². The first-order valence-corrected chi connectivity index (χ1v) is 8.52. The van der Waals surface area contributed by atoms with Crippen LogP contribution in [0.5, 0.6) is 0 Å². The monoisotopic (exact) mass is 399 g/mol. The van der Waals surface area contributed by atoms with E-state index in [1.54, 1.807) is 12.4 Å². The molecular weight excluding hydrogens is 381 g/mol. The molecule has 24 heavy (non-hydrogen) atoms. The van der Waals surface area contributed by atoms with Gasteiger partial charge in [-0.15, -0.1) is 0 Å². The predicted molar refractivity (Wildman–Crippen MR) is 94.2 cm³/mol. The number of piperidine rings is 1. The third-order valence-corrected chi connectivity index (χ3v) is 4.77. The Morgan fingerprint density at radius 2 is 2.46 bits per heavy atom. The van der Waals surface area contributed by atoms with E-state index in [-0.39, 0.29) is 6.04 Å². The summed E-state index contributed by atoms with van der Waals surface area (Å²) < 4.78 is 13.8. The van der Waals surface area contributed by atoms with Gasteiger partial charge in [-0.3, -0.25) is 0 Å². The molecule has 2 aromatic heterocycles. The van der Waals surface area contributed by atoms with Gasteiger partial charge in [0.05, 0.1) is 21.2 Å². The van der Waals surface area contributed by atoms with Crippen LogP contribution < -0.4 is 16.0 Å². The Kier molecular flexibility index (Phi) is 4.91. The van der Waals surface area contributed by atoms with Crippen molar-refractivity contribution in [2.75, 3.05) is 30.0 Å². The van der Waals surface area contributed by atoms with Crippen LogP contribution in [0.15, 0.2) is 16.9 Å². The Labute approximate surface area is 146 Å². The molecule has 3 rings (SSSR count). The van der Waals surface area contributed by atoms with Crippen LogP contribution >= 0.6 is 15.9 Å². The largest absolute Gasteiger partial charge is 0.480 e. The zero-order valence-corrected chi connectivity index (χ0v) is 14.5. The number of carboxylic acid groups (broad SMARTS) is 1. The van der Waals surface area contributed by atoms with Crippen molar-refractivity contribution in [1.29, 1.82) is 0 Å². The molecule has 1 aliphatic heterocycles. The molecule has 130 valence electrons. The summed E-state index contributed by atoms with van der Waals surface area (Å²) >= 11 is 3.53. The highest BCUT2D eigenvalue weighted by Crippen LogP contribution is 2.39. The molecule has 7 nitrogen and oxygen atoms in total. The molecule has 0 saturated carbocycles. The fraction of sp³-hybridized carbons (Fsp3) is 0.467. The standard InChI is InChI=1S/C15H19BrFN5O2/c16-9-5-19-14-12(13(9)22-3-1-2-8(18)7-22)11(6-20-14)21-10(4-17)15(23)24/h5-6,8,10,21H,1-4,7,18H2,(H,19,20)(H,23,24)/t8?,10-/m0/s1. The summed E-state index contributed by atoms with van der Waals surface area (Å²) in [4.78, 5) is 20.6. The van der Waals surface area contributed by atoms with Gasteiger partial charge in [0.1, 0.15) is 12.3 Å². The molecule has 1 aliphatic rings. The summed E-state index contributed by atoms with van der Waals surface area (Å²) in [5, 5.41) is 12.6. The van der Waals surface area contributed by atoms with E-state index in [1.807, 2.05) is 0 Å². The second-order valence-electron chi connectivity index (χ2n) is 5.92. The minimum absolute atomic E-state index is 0.0850. The molecule has 0 aliphatic carbocycles. The average molecular weight is 400 g/mol. The lowest BCUT2D eigenvalue weighted by Crippen LogP contribution is -2.43. The van der Waals surface area contributed by atoms with Crippen molar-refractivity contribution >= 4 is 44.3 Å². The average Bonchev–Trinajstić information content (AvgIpc) is 2.95. The molecule has 0 amide bonds. The van der Waals surface area contributed by atoms with E-state index in [2.05, 4.69) is 36.1 Å². The SMILES string of the molecule is NC1CCCN(c2c(Br)cnc3[nH]cc(N[C@@H](CF)C(=O)O)c23)C1. The lowest BCUT2D eigenvalue weighted by molar-refractivity contribution is -0.138. The number of rotatable bonds is 5. The fourth-order valence-corrected chi connectivity index (χ4v) is 3.60. The number of anilines is 2. The molecule has 1 fully saturated rings. The van der Waals surface area contributed by atoms with E-state index in [9.17, 15) is 9.18 Å². The van der Waals surface area contributed by atoms with Gasteiger partial charge >= 0.3 is 5.97 Å². The number of hydrogen-bond donors (Lipinski definition) is 4. The number of hydrogen-bond acceptors (Lipinski definition) is 5. The van der Waals surface area contributed by atoms with Crippen LogP contribution in [0.4, 0.5) is 15.8 Å². The molecule has 9 heteroatoms. The number of H-pyrrole nitrogens is 1. The van der Waals surface area contributed by atoms with Gasteiger partial charge in [0.25, 0.3) is 0 Å². The number of alkyl halides is 1. The molecule has 2 atom stereocenters. The number of carbonyl (C=O) groups is 1. The molecule has 0 spiro atoms. The van der Waals surface area contributed by atoms with Crippen molar-refractivity contribution < 1.29 is 14.3 Å². The summed E-state index contributed by atoms with van der Waals surface area (Å²) in [6.07, 6.45) is 5.27. The van der Waals surface area contributed by atoms with Crippen molar-refractivity contribution in [2.45, 2.75) is 24.9 Å². The third kappa shape index (κ3) is 3.18. The van der Waals surface area contributed by atoms with E-state index in [4.69, 9.17) is 10.8 Å². The topological polar surface area (TPSA) is 107 Å². The summed E-state index contributed by atoms with van der Waals surface area (Å²) in [6, 6.07) is -1.22. The van der Waals surface area contributed by atoms with Crippen molar-refractivity contribution in [3.63, 3.8) is 0 Å². The number of aliphatic carboxylic acids is 1. The molecular formula is C15H19BrFN5O2. The molecule has 0 bridgehead atoms. The van der Waals surface area contributed by atoms with Gasteiger partial charge in [-0.05, 0) is 28.8 Å². The Morgan fingerprint density at radius 1 is 1.67 bits per heavy atom. The minimum atomic E-state index is -1.31. The van der Waals surface area contributed by atoms with Gasteiger partial charge in [-0.25, -0.2) is 14.2 Å². The molecule has 1 unspecified atom stereocenters. The summed E-state index contributed by atoms with van der Waals surface area (Å²) in [6.45, 7) is 0.544. The molecule has 5 N–H and O–H groups in total. The number of nitrogens with two attached hydrogens (primary N) is 1. The normalized spacial score (nSPS) is 19.5. The zero-order valence-electron chi connectivity index (χ0n) is 12.9. The van der Waals surface area contributed by atoms with Gasteiger partial charge < -0.3 is 26.0 Å². The Balaban J connectivity index is 2.05. The van der Waals surface area contributed by atoms with Gasteiger partial charge in [0, 0.05) is 31.5 Å². The van der Waals surface area contributed by atoms with Crippen LogP contribution in [0.1, 0.15) is 12.8 Å². The zero-order chi connectivity index (χ0) is 17.3. The predicted octanol–water partition coefficient (Wildman–Crippen LogP) is 2.09. The number of carboxylic acids is 1. The summed E-state index contributed by atoms with van der Waals surface area (Å²) in [7, 11) is 0. The molecule has 3 heterocycles. The molecule has 1 saturated heterocycles. The first kappa shape index (κ1) is 17.0. The van der Waals surface area contributed by atoms with Crippen LogP contribution in [0.3, 0.4) is 0 Å². The lowest BCUT2D eigenvalue weighted by atomic mass is 10.1. The van der Waals surface area contributed by atoms with Gasteiger partial charge in [-0.1, -0.05) is 0 Å². The van der Waals surface area contributed by atoms with E-state index in [0.717, 1.165) is 34.9 Å². The smallest absolute Gasteiger partial charge is 0.328 e. The van der Waals surface area contributed by atoms with Crippen molar-refractivity contribution in [3.05, 3.63) is 16.9 Å². The molecule has 0 aromatic carbocycles. The number of fused-ring (bicyclic) bond motifs is 1. The quantitative estimate of drug-likeness (QED) is 0.613. The lowest BCUT2D eigenvalue weighted by Gasteiger charge is -2.33. The Hall–Kier alpha value is -1.87. The number of aromatic nitrogens is 2. The number of aromatic amines is 1. The Bertz CT molecular complexity index is 753. The maximum atomic E-state index is 13.0. The number of nitrogens with one attached hydrogen (secondary N) is 2. The van der Waals surface area contributed by atoms with E-state index >= 15 is 0 Å². The van der Waals surface area contributed by atoms with E-state index < -0.39 is 18.7 Å². The number of nitrogens with zero attached hydrogens (tertiary/aromatic N) is 2.